The topological polar surface area (TPSA) is 255 Å². The molecule has 20 nitrogen and oxygen atoms in total. The molecule has 0 radical (unpaired) electrons. The molecule has 0 atom stereocenters. The van der Waals surface area contributed by atoms with Gasteiger partial charge in [0.25, 0.3) is 47.3 Å². The van der Waals surface area contributed by atoms with Gasteiger partial charge >= 0.3 is 11.9 Å². The summed E-state index contributed by atoms with van der Waals surface area (Å²) in [5.74, 6) is -4.07. The molecule has 0 N–H and O–H groups in total. The molecule has 0 aromatic heterocycles. The summed E-state index contributed by atoms with van der Waals surface area (Å²) < 4.78 is 26.2. The third-order valence-electron chi connectivity index (χ3n) is 28.6. The molecule has 0 spiro atoms. The van der Waals surface area contributed by atoms with Crippen LogP contribution in [0.3, 0.4) is 0 Å². The van der Waals surface area contributed by atoms with Gasteiger partial charge in [-0.05, 0) is 243 Å². The zero-order valence-electron chi connectivity index (χ0n) is 71.9. The first-order valence-electron chi connectivity index (χ1n) is 45.3. The number of unbranched alkanes of at least 4 members (excludes halogenated alkanes) is 2. The number of ether oxygens (including phenoxy) is 4. The molecule has 17 aromatic rings. The number of hydrogen-bond acceptors (Lipinski definition) is 16. The van der Waals surface area contributed by atoms with E-state index in [-0.39, 0.29) is 126 Å². The van der Waals surface area contributed by atoms with Crippen LogP contribution in [0.5, 0.6) is 23.0 Å². The summed E-state index contributed by atoms with van der Waals surface area (Å²) in [4.78, 5) is 181. The van der Waals surface area contributed by atoms with Crippen LogP contribution in [-0.4, -0.2) is 129 Å². The summed E-state index contributed by atoms with van der Waals surface area (Å²) >= 11 is 0. The summed E-state index contributed by atoms with van der Waals surface area (Å²) in [5.41, 5.74) is 5.46. The number of hydrogen-bond donors (Lipinski definition) is 0. The zero-order chi connectivity index (χ0) is 88.8. The SMILES string of the molecule is CCCCOC(=O)c1ccc2c3c(Oc4ccc(CCN5C(=O)c6ccc7c8ccc9c%10c(ccc(c%11ccc(c6c7%11)C5=O)c%108)C(=O)N(C5CCCCC5)C9=O)cc4)cc(C(C)=O)c4c(C(C)=O)ccc(c5c(Oc6ccc(CCN7C(=O)c8ccc9c%10ccc%11c%12c(ccc(c%13ccc(c8c9%13)C7=O)c%12%10)C(=O)N(C7CCCCC7)C%11=O)cc6)cc(C(=O)OCCCC)c1c25)c43. The van der Waals surface area contributed by atoms with Gasteiger partial charge in [0.15, 0.2) is 11.6 Å². The lowest BCUT2D eigenvalue weighted by Gasteiger charge is -2.36. The summed E-state index contributed by atoms with van der Waals surface area (Å²) in [6.07, 6.45) is 12.2. The third kappa shape index (κ3) is 11.8. The van der Waals surface area contributed by atoms with Crippen molar-refractivity contribution in [2.75, 3.05) is 26.3 Å². The van der Waals surface area contributed by atoms with E-state index in [0.29, 0.717) is 135 Å². The number of benzene rings is 17. The number of carbonyl (C=O) groups is 12. The molecular weight excluding hydrogens is 1630 g/mol. The van der Waals surface area contributed by atoms with E-state index >= 15 is 4.79 Å². The highest BCUT2D eigenvalue weighted by Crippen LogP contribution is 2.55. The number of carbonyl (C=O) groups excluding carboxylic acids is 12. The minimum Gasteiger partial charge on any atom is -0.462 e. The predicted octanol–water partition coefficient (Wildman–Crippen LogP) is 23.3. The monoisotopic (exact) mass is 1720 g/mol. The maximum atomic E-state index is 15.1. The molecule has 23 rings (SSSR count). The summed E-state index contributed by atoms with van der Waals surface area (Å²) in [6, 6.07) is 53.7. The van der Waals surface area contributed by atoms with E-state index < -0.39 is 35.6 Å². The van der Waals surface area contributed by atoms with Gasteiger partial charge in [-0.3, -0.25) is 67.5 Å². The highest BCUT2D eigenvalue weighted by atomic mass is 16.5. The standard InChI is InChI=1S/C110H84N4O16/c1-5-7-51-127-109(125)82-46-37-73-97-85(129-61-23-19-57(20-24-61)47-49-111-101(117)74-38-28-64-68-32-42-78-94-79(106(122)113(105(78)121)59-15-11-9-12-16-59)43-33-69(90(68)94)65-29-39-75(102(111)118)92(74)88(64)65)53-83(56(4)116)87-63(55(3)115)27-36-72(99(87)97)98-86(54-84(96(82)100(73)98)110(126)128-52-8-6-2)130-62-25-21-58(22-26-62)48-50-112-103(119)76-40-30-66-70-34-44-80-95-81(108(124)114(107(80)123)60-17-13-10-14-18-60)45-35-71(91(70)95)67-31-41-77(104(112)120)93(76)89(66)67/h19-46,53-54,59-60H,5-18,47-52H2,1-4H3. The number of amides is 8. The van der Waals surface area contributed by atoms with Crippen LogP contribution in [0.4, 0.5) is 0 Å². The third-order valence-corrected chi connectivity index (χ3v) is 28.6. The molecular formula is C110H84N4O16. The second-order valence-electron chi connectivity index (χ2n) is 35.9. The predicted molar refractivity (Wildman–Crippen MR) is 499 cm³/mol. The molecule has 0 bridgehead atoms. The van der Waals surface area contributed by atoms with Gasteiger partial charge in [0, 0.05) is 135 Å². The quantitative estimate of drug-likeness (QED) is 0.0153. The normalized spacial score (nSPS) is 15.7. The maximum absolute atomic E-state index is 15.1. The molecule has 130 heavy (non-hydrogen) atoms. The highest BCUT2D eigenvalue weighted by molar-refractivity contribution is 6.45. The van der Waals surface area contributed by atoms with Crippen LogP contribution in [0.2, 0.25) is 0 Å². The van der Waals surface area contributed by atoms with Crippen molar-refractivity contribution < 1.29 is 76.5 Å². The second-order valence-corrected chi connectivity index (χ2v) is 35.9. The van der Waals surface area contributed by atoms with Crippen LogP contribution < -0.4 is 9.47 Å². The van der Waals surface area contributed by atoms with Crippen LogP contribution in [0.25, 0.3) is 129 Å². The Morgan fingerprint density at radius 3 is 0.908 bits per heavy atom. The van der Waals surface area contributed by atoms with Gasteiger partial charge in [-0.25, -0.2) is 9.59 Å². The molecule has 6 aliphatic rings. The lowest BCUT2D eigenvalue weighted by Crippen LogP contribution is -2.47. The maximum Gasteiger partial charge on any atom is 0.338 e. The number of ketones is 2. The number of fused-ring (bicyclic) bond motifs is 6. The van der Waals surface area contributed by atoms with Crippen molar-refractivity contribution in [3.63, 3.8) is 0 Å². The van der Waals surface area contributed by atoms with Gasteiger partial charge in [-0.1, -0.05) is 156 Å². The fourth-order valence-electron chi connectivity index (χ4n) is 22.5. The molecule has 2 aliphatic carbocycles. The van der Waals surface area contributed by atoms with Crippen molar-refractivity contribution in [1.29, 1.82) is 0 Å². The van der Waals surface area contributed by atoms with Gasteiger partial charge in [0.2, 0.25) is 0 Å². The highest BCUT2D eigenvalue weighted by Gasteiger charge is 2.44. The summed E-state index contributed by atoms with van der Waals surface area (Å²) in [7, 11) is 0. The van der Waals surface area contributed by atoms with E-state index in [4.69, 9.17) is 18.9 Å². The van der Waals surface area contributed by atoms with E-state index in [0.717, 1.165) is 146 Å². The summed E-state index contributed by atoms with van der Waals surface area (Å²) in [5, 5.41) is 15.0. The van der Waals surface area contributed by atoms with Crippen LogP contribution in [0.15, 0.2) is 182 Å². The zero-order valence-corrected chi connectivity index (χ0v) is 71.9. The summed E-state index contributed by atoms with van der Waals surface area (Å²) in [6.45, 7) is 6.99. The van der Waals surface area contributed by atoms with Crippen molar-refractivity contribution >= 4 is 200 Å². The molecule has 4 heterocycles. The number of Topliss-reactive ketones (excluding diaryl/α,β-unsaturated/α-hetero) is 2. The first kappa shape index (κ1) is 79.7. The Morgan fingerprint density at radius 2 is 0.585 bits per heavy atom. The van der Waals surface area contributed by atoms with Gasteiger partial charge in [-0.15, -0.1) is 0 Å². The largest absolute Gasteiger partial charge is 0.462 e. The lowest BCUT2D eigenvalue weighted by atomic mass is 9.81. The Hall–Kier alpha value is -14.9. The number of esters is 2. The number of nitrogens with zero attached hydrogens (tertiary/aromatic N) is 4. The Labute approximate surface area is 743 Å². The Kier molecular flexibility index (Phi) is 18.6. The molecule has 0 unspecified atom stereocenters. The van der Waals surface area contributed by atoms with E-state index in [1.54, 1.807) is 84.9 Å². The minimum atomic E-state index is -0.741. The van der Waals surface area contributed by atoms with Crippen molar-refractivity contribution in [2.24, 2.45) is 0 Å². The van der Waals surface area contributed by atoms with Gasteiger partial charge in [0.05, 0.1) is 24.3 Å². The Bertz CT molecular complexity index is 7790. The molecule has 2 saturated carbocycles. The van der Waals surface area contributed by atoms with Crippen molar-refractivity contribution in [3.05, 3.63) is 260 Å². The molecule has 0 saturated heterocycles. The fourth-order valence-corrected chi connectivity index (χ4v) is 22.5. The molecule has 2 fully saturated rings. The first-order chi connectivity index (χ1) is 63.3. The van der Waals surface area contributed by atoms with E-state index in [1.807, 2.05) is 111 Å². The average molecular weight is 1720 g/mol. The Balaban J connectivity index is 0.565. The van der Waals surface area contributed by atoms with Gasteiger partial charge in [0.1, 0.15) is 23.0 Å². The average Bonchev–Trinajstić information content (AvgIpc) is 0.696. The lowest BCUT2D eigenvalue weighted by molar-refractivity contribution is 0.0485. The molecule has 4 aliphatic heterocycles. The van der Waals surface area contributed by atoms with Crippen LogP contribution >= 0.6 is 0 Å². The first-order valence-corrected chi connectivity index (χ1v) is 45.3. The van der Waals surface area contributed by atoms with E-state index in [2.05, 4.69) is 0 Å². The molecule has 20 heteroatoms. The van der Waals surface area contributed by atoms with Crippen molar-refractivity contribution in [2.45, 2.75) is 143 Å². The van der Waals surface area contributed by atoms with Crippen LogP contribution in [0, 0.1) is 0 Å². The van der Waals surface area contributed by atoms with Crippen molar-refractivity contribution in [3.8, 4) is 23.0 Å². The molecule has 8 amide bonds. The van der Waals surface area contributed by atoms with Gasteiger partial charge in [-0.2, -0.15) is 0 Å². The number of imide groups is 4. The fraction of sp³-hybridized carbons (Fsp3) is 0.236. The molecule has 640 valence electrons. The smallest absolute Gasteiger partial charge is 0.338 e. The Morgan fingerprint density at radius 1 is 0.292 bits per heavy atom. The van der Waals surface area contributed by atoms with Gasteiger partial charge < -0.3 is 18.9 Å². The van der Waals surface area contributed by atoms with E-state index in [9.17, 15) is 52.7 Å². The van der Waals surface area contributed by atoms with E-state index in [1.165, 1.54) is 33.4 Å². The van der Waals surface area contributed by atoms with Crippen LogP contribution in [0.1, 0.15) is 253 Å². The molecule has 17 aromatic carbocycles. The number of rotatable bonds is 22. The second kappa shape index (κ2) is 30.4. The minimum absolute atomic E-state index is 0.00524. The van der Waals surface area contributed by atoms with Crippen LogP contribution in [-0.2, 0) is 22.3 Å². The van der Waals surface area contributed by atoms with Crippen molar-refractivity contribution in [1.82, 2.24) is 19.6 Å².